The van der Waals surface area contributed by atoms with E-state index in [0.717, 1.165) is 31.1 Å². The van der Waals surface area contributed by atoms with Crippen LogP contribution in [0.3, 0.4) is 0 Å². The number of ether oxygens (including phenoxy) is 2. The van der Waals surface area contributed by atoms with Crippen LogP contribution in [0.4, 0.5) is 0 Å². The fourth-order valence-electron chi connectivity index (χ4n) is 6.79. The monoisotopic (exact) mass is 368 g/mol. The maximum absolute atomic E-state index is 10.4. The quantitative estimate of drug-likeness (QED) is 0.697. The summed E-state index contributed by atoms with van der Waals surface area (Å²) in [5.74, 6) is 3.38. The van der Waals surface area contributed by atoms with Crippen LogP contribution in [0.2, 0.25) is 0 Å². The number of hydrogen-bond acceptors (Lipinski definition) is 5. The summed E-state index contributed by atoms with van der Waals surface area (Å²) in [6, 6.07) is 0. The van der Waals surface area contributed by atoms with Crippen molar-refractivity contribution in [2.75, 3.05) is 0 Å². The summed E-state index contributed by atoms with van der Waals surface area (Å²) in [6.07, 6.45) is -0.466. The third-order valence-corrected chi connectivity index (χ3v) is 8.54. The second-order valence-electron chi connectivity index (χ2n) is 10.3. The van der Waals surface area contributed by atoms with Crippen LogP contribution in [0.5, 0.6) is 0 Å². The van der Waals surface area contributed by atoms with Crippen LogP contribution in [-0.2, 0) is 9.47 Å². The van der Waals surface area contributed by atoms with Crippen molar-refractivity contribution in [3.8, 4) is 0 Å². The molecule has 3 N–H and O–H groups in total. The average molecular weight is 369 g/mol. The van der Waals surface area contributed by atoms with E-state index in [9.17, 15) is 15.3 Å². The van der Waals surface area contributed by atoms with E-state index < -0.39 is 30.7 Å². The molecule has 5 heteroatoms. The Bertz CT molecular complexity index is 551. The third kappa shape index (κ3) is 2.69. The summed E-state index contributed by atoms with van der Waals surface area (Å²) in [5.41, 5.74) is 0.0881. The molecule has 1 heterocycles. The van der Waals surface area contributed by atoms with Crippen molar-refractivity contribution < 1.29 is 24.8 Å². The number of hydrogen-bond donors (Lipinski definition) is 3. The number of aliphatic hydroxyl groups excluding tert-OH is 3. The van der Waals surface area contributed by atoms with Crippen molar-refractivity contribution in [3.63, 3.8) is 0 Å². The average Bonchev–Trinajstić information content (AvgIpc) is 2.95. The lowest BCUT2D eigenvalue weighted by Gasteiger charge is -2.46. The maximum atomic E-state index is 10.4. The lowest BCUT2D eigenvalue weighted by atomic mass is 9.74. The highest BCUT2D eigenvalue weighted by Gasteiger charge is 2.67. The lowest BCUT2D eigenvalue weighted by Crippen LogP contribution is -2.59. The molecule has 0 bridgehead atoms. The van der Waals surface area contributed by atoms with Gasteiger partial charge in [-0.05, 0) is 68.1 Å². The Kier molecular flexibility index (Phi) is 4.52. The molecule has 3 aliphatic carbocycles. The van der Waals surface area contributed by atoms with Gasteiger partial charge < -0.3 is 24.8 Å². The van der Waals surface area contributed by atoms with Gasteiger partial charge in [0.1, 0.15) is 18.3 Å². The first kappa shape index (κ1) is 19.1. The molecule has 0 spiro atoms. The molecule has 0 amide bonds. The smallest absolute Gasteiger partial charge is 0.187 e. The molecule has 11 atom stereocenters. The SMILES string of the molecule is C[C@@H]1CC[C@H]2[C@@H]1[C@H]1[C@@H](CC[C@@]2(C)O[C@H]2O[C@@H](C)[C@@H](O)[C@H](O)[C@H]2O)C1(C)C. The molecule has 0 radical (unpaired) electrons. The molecule has 0 aromatic carbocycles. The zero-order valence-corrected chi connectivity index (χ0v) is 16.8. The standard InChI is InChI=1S/C21H36O5/c1-10-6-7-12-14(10)15-13(20(15,3)4)8-9-21(12,5)26-19-18(24)17(23)16(22)11(2)25-19/h10-19,22-24H,6-9H2,1-5H3/t10-,11+,12+,13-,14-,15-,16-,17+,18-,19-,21-/m1/s1. The summed E-state index contributed by atoms with van der Waals surface area (Å²) >= 11 is 0. The Balaban J connectivity index is 1.56. The van der Waals surface area contributed by atoms with E-state index in [1.807, 2.05) is 0 Å². The number of aliphatic hydroxyl groups is 3. The highest BCUT2D eigenvalue weighted by Crippen LogP contribution is 2.71. The van der Waals surface area contributed by atoms with Crippen LogP contribution in [0.25, 0.3) is 0 Å². The Morgan fingerprint density at radius 2 is 1.58 bits per heavy atom. The van der Waals surface area contributed by atoms with Gasteiger partial charge in [-0.25, -0.2) is 0 Å². The van der Waals surface area contributed by atoms with Gasteiger partial charge in [-0.1, -0.05) is 27.2 Å². The first-order valence-corrected chi connectivity index (χ1v) is 10.5. The minimum atomic E-state index is -1.23. The molecule has 150 valence electrons. The second kappa shape index (κ2) is 6.15. The minimum Gasteiger partial charge on any atom is -0.388 e. The van der Waals surface area contributed by atoms with Crippen LogP contribution in [0, 0.1) is 35.0 Å². The summed E-state index contributed by atoms with van der Waals surface area (Å²) in [5, 5.41) is 30.5. The Labute approximate surface area is 157 Å². The normalized spacial score (nSPS) is 58.6. The van der Waals surface area contributed by atoms with E-state index in [2.05, 4.69) is 27.7 Å². The van der Waals surface area contributed by atoms with Gasteiger partial charge in [-0.2, -0.15) is 0 Å². The highest BCUT2D eigenvalue weighted by atomic mass is 16.7. The summed E-state index contributed by atoms with van der Waals surface area (Å²) in [4.78, 5) is 0. The summed E-state index contributed by atoms with van der Waals surface area (Å²) in [6.45, 7) is 11.1. The van der Waals surface area contributed by atoms with Gasteiger partial charge >= 0.3 is 0 Å². The molecule has 26 heavy (non-hydrogen) atoms. The van der Waals surface area contributed by atoms with E-state index in [1.54, 1.807) is 6.92 Å². The minimum absolute atomic E-state index is 0.355. The van der Waals surface area contributed by atoms with Crippen molar-refractivity contribution in [1.82, 2.24) is 0 Å². The van der Waals surface area contributed by atoms with Crippen LogP contribution >= 0.6 is 0 Å². The molecule has 3 saturated carbocycles. The predicted octanol–water partition coefficient (Wildman–Crippen LogP) is 2.32. The molecule has 4 fully saturated rings. The lowest BCUT2D eigenvalue weighted by molar-refractivity contribution is -0.327. The molecule has 5 nitrogen and oxygen atoms in total. The highest BCUT2D eigenvalue weighted by molar-refractivity contribution is 5.15. The van der Waals surface area contributed by atoms with Crippen molar-refractivity contribution in [1.29, 1.82) is 0 Å². The Morgan fingerprint density at radius 3 is 2.27 bits per heavy atom. The third-order valence-electron chi connectivity index (χ3n) is 8.54. The molecular formula is C21H36O5. The molecule has 0 aromatic heterocycles. The van der Waals surface area contributed by atoms with Gasteiger partial charge in [0.25, 0.3) is 0 Å². The molecular weight excluding hydrogens is 332 g/mol. The predicted molar refractivity (Wildman–Crippen MR) is 97.2 cm³/mol. The van der Waals surface area contributed by atoms with Gasteiger partial charge in [0.2, 0.25) is 0 Å². The zero-order chi connectivity index (χ0) is 19.0. The Morgan fingerprint density at radius 1 is 0.885 bits per heavy atom. The van der Waals surface area contributed by atoms with Crippen LogP contribution in [-0.4, -0.2) is 51.6 Å². The molecule has 4 aliphatic rings. The molecule has 0 aromatic rings. The molecule has 0 unspecified atom stereocenters. The van der Waals surface area contributed by atoms with Gasteiger partial charge in [0.15, 0.2) is 6.29 Å². The molecule has 1 aliphatic heterocycles. The Hall–Kier alpha value is -0.200. The largest absolute Gasteiger partial charge is 0.388 e. The van der Waals surface area contributed by atoms with Gasteiger partial charge in [0, 0.05) is 0 Å². The van der Waals surface area contributed by atoms with E-state index in [-0.39, 0.29) is 5.60 Å². The van der Waals surface area contributed by atoms with E-state index >= 15 is 0 Å². The maximum Gasteiger partial charge on any atom is 0.187 e. The first-order chi connectivity index (χ1) is 12.1. The zero-order valence-electron chi connectivity index (χ0n) is 16.8. The van der Waals surface area contributed by atoms with Gasteiger partial charge in [0.05, 0.1) is 11.7 Å². The first-order valence-electron chi connectivity index (χ1n) is 10.5. The second-order valence-corrected chi connectivity index (χ2v) is 10.3. The molecule has 1 saturated heterocycles. The van der Waals surface area contributed by atoms with E-state index in [0.29, 0.717) is 23.2 Å². The van der Waals surface area contributed by atoms with Crippen molar-refractivity contribution in [2.24, 2.45) is 35.0 Å². The van der Waals surface area contributed by atoms with Crippen molar-refractivity contribution >= 4 is 0 Å². The fourth-order valence-corrected chi connectivity index (χ4v) is 6.79. The van der Waals surface area contributed by atoms with E-state index in [1.165, 1.54) is 6.42 Å². The van der Waals surface area contributed by atoms with Crippen molar-refractivity contribution in [3.05, 3.63) is 0 Å². The van der Waals surface area contributed by atoms with Gasteiger partial charge in [-0.3, -0.25) is 0 Å². The summed E-state index contributed by atoms with van der Waals surface area (Å²) < 4.78 is 12.2. The number of fused-ring (bicyclic) bond motifs is 3. The fraction of sp³-hybridized carbons (Fsp3) is 1.00. The van der Waals surface area contributed by atoms with Crippen LogP contribution < -0.4 is 0 Å². The summed E-state index contributed by atoms with van der Waals surface area (Å²) in [7, 11) is 0. The molecule has 4 rings (SSSR count). The van der Waals surface area contributed by atoms with E-state index in [4.69, 9.17) is 9.47 Å². The van der Waals surface area contributed by atoms with Crippen LogP contribution in [0.15, 0.2) is 0 Å². The topological polar surface area (TPSA) is 79.2 Å². The van der Waals surface area contributed by atoms with Crippen molar-refractivity contribution in [2.45, 2.75) is 96.6 Å². The number of rotatable bonds is 2. The van der Waals surface area contributed by atoms with Gasteiger partial charge in [-0.15, -0.1) is 0 Å². The van der Waals surface area contributed by atoms with Crippen LogP contribution in [0.1, 0.15) is 60.3 Å².